The molecule has 0 aliphatic rings. The van der Waals surface area contributed by atoms with E-state index in [4.69, 9.17) is 10.5 Å². The van der Waals surface area contributed by atoms with Gasteiger partial charge in [-0.05, 0) is 18.1 Å². The number of hydrogen-bond donors (Lipinski definition) is 2. The number of carbonyl (C=O) groups is 1. The third kappa shape index (κ3) is 3.35. The van der Waals surface area contributed by atoms with Crippen LogP contribution in [-0.2, 0) is 16.0 Å². The Kier molecular flexibility index (Phi) is 4.58. The van der Waals surface area contributed by atoms with Crippen LogP contribution in [0.15, 0.2) is 30.5 Å². The molecule has 0 fully saturated rings. The molecular formula is C15H20N2O2. The van der Waals surface area contributed by atoms with E-state index in [1.807, 2.05) is 30.5 Å². The average Bonchev–Trinajstić information content (AvgIpc) is 2.82. The van der Waals surface area contributed by atoms with Crippen molar-refractivity contribution in [1.29, 1.82) is 0 Å². The number of nitrogens with two attached hydrogens (primary N) is 1. The number of H-pyrrole nitrogens is 1. The second-order valence-electron chi connectivity index (χ2n) is 4.69. The number of hydrogen-bond acceptors (Lipinski definition) is 3. The van der Waals surface area contributed by atoms with E-state index in [9.17, 15) is 4.79 Å². The van der Waals surface area contributed by atoms with E-state index >= 15 is 0 Å². The van der Waals surface area contributed by atoms with E-state index in [1.54, 1.807) is 0 Å². The summed E-state index contributed by atoms with van der Waals surface area (Å²) in [7, 11) is 0. The minimum Gasteiger partial charge on any atom is -0.465 e. The summed E-state index contributed by atoms with van der Waals surface area (Å²) in [5, 5.41) is 1.11. The zero-order chi connectivity index (χ0) is 13.7. The van der Waals surface area contributed by atoms with Crippen molar-refractivity contribution in [2.75, 3.05) is 6.61 Å². The van der Waals surface area contributed by atoms with Crippen LogP contribution in [0.5, 0.6) is 0 Å². The summed E-state index contributed by atoms with van der Waals surface area (Å²) in [5.74, 6) is -0.321. The predicted octanol–water partition coefficient (Wildman–Crippen LogP) is 2.38. The molecule has 0 bridgehead atoms. The van der Waals surface area contributed by atoms with Crippen molar-refractivity contribution < 1.29 is 9.53 Å². The molecule has 1 aromatic heterocycles. The molecular weight excluding hydrogens is 240 g/mol. The number of rotatable bonds is 6. The molecule has 1 atom stereocenters. The molecule has 0 spiro atoms. The molecule has 1 heterocycles. The first kappa shape index (κ1) is 13.6. The molecule has 0 aliphatic heterocycles. The van der Waals surface area contributed by atoms with Gasteiger partial charge in [-0.15, -0.1) is 0 Å². The van der Waals surface area contributed by atoms with Crippen molar-refractivity contribution in [1.82, 2.24) is 4.98 Å². The summed E-state index contributed by atoms with van der Waals surface area (Å²) in [5.41, 5.74) is 8.00. The van der Waals surface area contributed by atoms with Gasteiger partial charge in [-0.3, -0.25) is 4.79 Å². The van der Waals surface area contributed by atoms with Gasteiger partial charge in [0.2, 0.25) is 0 Å². The Morgan fingerprint density at radius 1 is 1.42 bits per heavy atom. The monoisotopic (exact) mass is 260 g/mol. The fourth-order valence-electron chi connectivity index (χ4n) is 2.04. The van der Waals surface area contributed by atoms with E-state index in [0.29, 0.717) is 13.0 Å². The standard InChI is InChI=1S/C15H20N2O2/c1-2-3-8-19-15(18)13(16)9-11-10-17-14-7-5-4-6-12(11)14/h4-7,10,13,17H,2-3,8-9,16H2,1H3/t13-/m1/s1. The maximum absolute atomic E-state index is 11.7. The lowest BCUT2D eigenvalue weighted by Crippen LogP contribution is -2.34. The lowest BCUT2D eigenvalue weighted by atomic mass is 10.1. The highest BCUT2D eigenvalue weighted by molar-refractivity contribution is 5.84. The van der Waals surface area contributed by atoms with Crippen LogP contribution in [0.4, 0.5) is 0 Å². The summed E-state index contributed by atoms with van der Waals surface area (Å²) in [6, 6.07) is 7.38. The van der Waals surface area contributed by atoms with E-state index in [1.165, 1.54) is 0 Å². The fourth-order valence-corrected chi connectivity index (χ4v) is 2.04. The molecule has 0 aliphatic carbocycles. The van der Waals surface area contributed by atoms with Crippen LogP contribution in [0.3, 0.4) is 0 Å². The zero-order valence-electron chi connectivity index (χ0n) is 11.2. The summed E-state index contributed by atoms with van der Waals surface area (Å²) in [6.45, 7) is 2.51. The number of unbranched alkanes of at least 4 members (excludes halogenated alkanes) is 1. The van der Waals surface area contributed by atoms with Crippen LogP contribution >= 0.6 is 0 Å². The van der Waals surface area contributed by atoms with Crippen molar-refractivity contribution in [3.05, 3.63) is 36.0 Å². The van der Waals surface area contributed by atoms with Crippen molar-refractivity contribution in [2.24, 2.45) is 5.73 Å². The van der Waals surface area contributed by atoms with Gasteiger partial charge in [-0.25, -0.2) is 0 Å². The molecule has 19 heavy (non-hydrogen) atoms. The Bertz CT molecular complexity index is 548. The highest BCUT2D eigenvalue weighted by Crippen LogP contribution is 2.18. The van der Waals surface area contributed by atoms with Gasteiger partial charge in [0.1, 0.15) is 6.04 Å². The minimum atomic E-state index is -0.601. The van der Waals surface area contributed by atoms with Gasteiger partial charge in [0, 0.05) is 23.5 Å². The summed E-state index contributed by atoms with van der Waals surface area (Å²) in [4.78, 5) is 14.9. The third-order valence-corrected chi connectivity index (χ3v) is 3.16. The molecule has 0 unspecified atom stereocenters. The summed E-state index contributed by atoms with van der Waals surface area (Å²) >= 11 is 0. The first-order valence-corrected chi connectivity index (χ1v) is 6.69. The van der Waals surface area contributed by atoms with Gasteiger partial charge in [0.25, 0.3) is 0 Å². The molecule has 0 saturated carbocycles. The average molecular weight is 260 g/mol. The molecule has 2 rings (SSSR count). The number of aromatic nitrogens is 1. The number of aromatic amines is 1. The molecule has 4 nitrogen and oxygen atoms in total. The molecule has 3 N–H and O–H groups in total. The SMILES string of the molecule is CCCCOC(=O)[C@H](N)Cc1c[nH]c2ccccc12. The number of fused-ring (bicyclic) bond motifs is 1. The van der Waals surface area contributed by atoms with Gasteiger partial charge in [0.15, 0.2) is 0 Å². The summed E-state index contributed by atoms with van der Waals surface area (Å²) < 4.78 is 5.13. The first-order valence-electron chi connectivity index (χ1n) is 6.69. The van der Waals surface area contributed by atoms with E-state index in [0.717, 1.165) is 29.3 Å². The smallest absolute Gasteiger partial charge is 0.323 e. The fraction of sp³-hybridized carbons (Fsp3) is 0.400. The molecule has 4 heteroatoms. The number of carbonyl (C=O) groups excluding carboxylic acids is 1. The highest BCUT2D eigenvalue weighted by Gasteiger charge is 2.17. The van der Waals surface area contributed by atoms with Gasteiger partial charge < -0.3 is 15.5 Å². The van der Waals surface area contributed by atoms with Gasteiger partial charge in [0.05, 0.1) is 6.61 Å². The van der Waals surface area contributed by atoms with E-state index < -0.39 is 6.04 Å². The lowest BCUT2D eigenvalue weighted by Gasteiger charge is -2.10. The molecule has 0 radical (unpaired) electrons. The van der Waals surface area contributed by atoms with Gasteiger partial charge in [-0.1, -0.05) is 31.5 Å². The maximum Gasteiger partial charge on any atom is 0.323 e. The van der Waals surface area contributed by atoms with Gasteiger partial charge >= 0.3 is 5.97 Å². The van der Waals surface area contributed by atoms with Crippen molar-refractivity contribution >= 4 is 16.9 Å². The lowest BCUT2D eigenvalue weighted by molar-refractivity contribution is -0.145. The second-order valence-corrected chi connectivity index (χ2v) is 4.69. The molecule has 1 aromatic carbocycles. The van der Waals surface area contributed by atoms with E-state index in [2.05, 4.69) is 11.9 Å². The Morgan fingerprint density at radius 2 is 2.21 bits per heavy atom. The number of ether oxygens (including phenoxy) is 1. The van der Waals surface area contributed by atoms with Crippen LogP contribution in [0.2, 0.25) is 0 Å². The second kappa shape index (κ2) is 6.38. The Morgan fingerprint density at radius 3 is 3.00 bits per heavy atom. The highest BCUT2D eigenvalue weighted by atomic mass is 16.5. The van der Waals surface area contributed by atoms with Crippen LogP contribution in [0, 0.1) is 0 Å². The van der Waals surface area contributed by atoms with Crippen LogP contribution in [-0.4, -0.2) is 23.6 Å². The molecule has 102 valence electrons. The molecule has 0 saturated heterocycles. The van der Waals surface area contributed by atoms with Crippen LogP contribution < -0.4 is 5.73 Å². The number of benzene rings is 1. The third-order valence-electron chi connectivity index (χ3n) is 3.16. The van der Waals surface area contributed by atoms with Crippen LogP contribution in [0.1, 0.15) is 25.3 Å². The Labute approximate surface area is 112 Å². The quantitative estimate of drug-likeness (QED) is 0.619. The van der Waals surface area contributed by atoms with Crippen molar-refractivity contribution in [3.8, 4) is 0 Å². The zero-order valence-corrected chi connectivity index (χ0v) is 11.2. The van der Waals surface area contributed by atoms with Crippen LogP contribution in [0.25, 0.3) is 10.9 Å². The normalized spacial score (nSPS) is 12.5. The molecule has 0 amide bonds. The van der Waals surface area contributed by atoms with Gasteiger partial charge in [-0.2, -0.15) is 0 Å². The maximum atomic E-state index is 11.7. The predicted molar refractivity (Wildman–Crippen MR) is 75.8 cm³/mol. The van der Waals surface area contributed by atoms with Crippen molar-refractivity contribution in [3.63, 3.8) is 0 Å². The largest absolute Gasteiger partial charge is 0.465 e. The summed E-state index contributed by atoms with van der Waals surface area (Å²) in [6.07, 6.45) is 4.29. The Hall–Kier alpha value is -1.81. The molecule has 2 aromatic rings. The number of esters is 1. The Balaban J connectivity index is 1.98. The topological polar surface area (TPSA) is 68.1 Å². The first-order chi connectivity index (χ1) is 9.22. The van der Waals surface area contributed by atoms with Crippen molar-refractivity contribution in [2.45, 2.75) is 32.2 Å². The number of para-hydroxylation sites is 1. The minimum absolute atomic E-state index is 0.321. The number of nitrogens with one attached hydrogen (secondary N) is 1. The van der Waals surface area contributed by atoms with E-state index in [-0.39, 0.29) is 5.97 Å².